The normalized spacial score (nSPS) is 14.6. The van der Waals surface area contributed by atoms with Gasteiger partial charge < -0.3 is 4.90 Å². The summed E-state index contributed by atoms with van der Waals surface area (Å²) in [5, 5.41) is 9.77. The summed E-state index contributed by atoms with van der Waals surface area (Å²) in [4.78, 5) is 17.5. The summed E-state index contributed by atoms with van der Waals surface area (Å²) in [7, 11) is 0. The van der Waals surface area contributed by atoms with E-state index in [1.54, 1.807) is 0 Å². The zero-order valence-electron chi connectivity index (χ0n) is 18.9. The molecule has 0 spiro atoms. The quantitative estimate of drug-likeness (QED) is 0.463. The first-order valence-corrected chi connectivity index (χ1v) is 12.3. The van der Waals surface area contributed by atoms with E-state index in [4.69, 9.17) is 0 Å². The number of carbonyl (C=O) groups excluding carboxylic acids is 1. The van der Waals surface area contributed by atoms with Crippen molar-refractivity contribution in [2.45, 2.75) is 50.9 Å². The van der Waals surface area contributed by atoms with Gasteiger partial charge in [-0.25, -0.2) is 0 Å². The highest BCUT2D eigenvalue weighted by Gasteiger charge is 2.22. The Morgan fingerprint density at radius 2 is 1.62 bits per heavy atom. The van der Waals surface area contributed by atoms with Gasteiger partial charge in [0.2, 0.25) is 5.91 Å². The first-order chi connectivity index (χ1) is 15.6. The molecule has 6 nitrogen and oxygen atoms in total. The van der Waals surface area contributed by atoms with E-state index in [-0.39, 0.29) is 11.9 Å². The highest BCUT2D eigenvalue weighted by molar-refractivity contribution is 7.99. The zero-order chi connectivity index (χ0) is 22.3. The van der Waals surface area contributed by atoms with Gasteiger partial charge in [0.15, 0.2) is 11.0 Å². The van der Waals surface area contributed by atoms with Crippen LogP contribution in [0.15, 0.2) is 65.8 Å². The predicted molar refractivity (Wildman–Crippen MR) is 130 cm³/mol. The molecule has 0 atom stereocenters. The third-order valence-electron chi connectivity index (χ3n) is 5.67. The van der Waals surface area contributed by atoms with Gasteiger partial charge in [0, 0.05) is 17.4 Å². The number of hydrogen-bond donors (Lipinski definition) is 0. The molecule has 168 valence electrons. The Hall–Kier alpha value is -2.64. The first-order valence-electron chi connectivity index (χ1n) is 11.4. The number of carbonyl (C=O) groups is 1. The standard InChI is InChI=1S/C25H31N5OS/c1-20(2)29(21-12-6-3-7-13-21)24(31)19-32-25-27-26-23(18-28-16-10-5-11-17-28)30(25)22-14-8-4-9-15-22/h3-4,6-9,12-15,20H,5,10-11,16-19H2,1-2H3. The third-order valence-corrected chi connectivity index (χ3v) is 6.59. The molecule has 1 fully saturated rings. The predicted octanol–water partition coefficient (Wildman–Crippen LogP) is 4.79. The van der Waals surface area contributed by atoms with E-state index in [1.807, 2.05) is 67.3 Å². The second-order valence-corrected chi connectivity index (χ2v) is 9.33. The average molecular weight is 450 g/mol. The Kier molecular flexibility index (Phi) is 7.60. The van der Waals surface area contributed by atoms with Crippen LogP contribution in [-0.4, -0.2) is 50.5 Å². The van der Waals surface area contributed by atoms with Gasteiger partial charge in [0.05, 0.1) is 12.3 Å². The van der Waals surface area contributed by atoms with Crippen molar-refractivity contribution in [2.75, 3.05) is 23.7 Å². The minimum atomic E-state index is 0.0661. The molecular weight excluding hydrogens is 418 g/mol. The van der Waals surface area contributed by atoms with Crippen LogP contribution >= 0.6 is 11.8 Å². The molecule has 3 aromatic rings. The van der Waals surface area contributed by atoms with Gasteiger partial charge in [0.25, 0.3) is 0 Å². The first kappa shape index (κ1) is 22.6. The monoisotopic (exact) mass is 449 g/mol. The SMILES string of the molecule is CC(C)N(C(=O)CSc1nnc(CN2CCCCC2)n1-c1ccccc1)c1ccccc1. The Labute approximate surface area is 194 Å². The van der Waals surface area contributed by atoms with Crippen molar-refractivity contribution in [3.8, 4) is 5.69 Å². The highest BCUT2D eigenvalue weighted by atomic mass is 32.2. The molecule has 0 N–H and O–H groups in total. The van der Waals surface area contributed by atoms with E-state index < -0.39 is 0 Å². The minimum absolute atomic E-state index is 0.0661. The van der Waals surface area contributed by atoms with Gasteiger partial charge in [-0.05, 0) is 64.0 Å². The van der Waals surface area contributed by atoms with E-state index in [0.29, 0.717) is 5.75 Å². The van der Waals surface area contributed by atoms with Crippen molar-refractivity contribution < 1.29 is 4.79 Å². The van der Waals surface area contributed by atoms with Crippen LogP contribution in [0, 0.1) is 0 Å². The van der Waals surface area contributed by atoms with E-state index in [1.165, 1.54) is 31.0 Å². The molecule has 2 heterocycles. The second-order valence-electron chi connectivity index (χ2n) is 8.39. The Balaban J connectivity index is 1.54. The molecule has 2 aromatic carbocycles. The van der Waals surface area contributed by atoms with Gasteiger partial charge in [-0.15, -0.1) is 10.2 Å². The van der Waals surface area contributed by atoms with Crippen molar-refractivity contribution in [1.82, 2.24) is 19.7 Å². The zero-order valence-corrected chi connectivity index (χ0v) is 19.7. The molecule has 0 saturated carbocycles. The molecule has 32 heavy (non-hydrogen) atoms. The van der Waals surface area contributed by atoms with Crippen LogP contribution in [0.4, 0.5) is 5.69 Å². The van der Waals surface area contributed by atoms with Gasteiger partial charge in [-0.2, -0.15) is 0 Å². The fourth-order valence-electron chi connectivity index (χ4n) is 4.16. The number of likely N-dealkylation sites (tertiary alicyclic amines) is 1. The smallest absolute Gasteiger partial charge is 0.237 e. The van der Waals surface area contributed by atoms with Crippen LogP contribution in [0.2, 0.25) is 0 Å². The summed E-state index contributed by atoms with van der Waals surface area (Å²) < 4.78 is 2.11. The molecule has 0 radical (unpaired) electrons. The van der Waals surface area contributed by atoms with Crippen molar-refractivity contribution >= 4 is 23.4 Å². The van der Waals surface area contributed by atoms with Crippen LogP contribution in [0.5, 0.6) is 0 Å². The topological polar surface area (TPSA) is 54.3 Å². The van der Waals surface area contributed by atoms with Gasteiger partial charge >= 0.3 is 0 Å². The Bertz CT molecular complexity index is 1000. The summed E-state index contributed by atoms with van der Waals surface area (Å²) in [6, 6.07) is 20.1. The van der Waals surface area contributed by atoms with Gasteiger partial charge in [0.1, 0.15) is 0 Å². The fourth-order valence-corrected chi connectivity index (χ4v) is 4.99. The number of benzene rings is 2. The molecule has 1 aliphatic rings. The molecule has 0 bridgehead atoms. The molecule has 1 aliphatic heterocycles. The van der Waals surface area contributed by atoms with Crippen molar-refractivity contribution in [3.05, 3.63) is 66.5 Å². The molecule has 7 heteroatoms. The lowest BCUT2D eigenvalue weighted by atomic mass is 10.1. The third kappa shape index (κ3) is 5.40. The van der Waals surface area contributed by atoms with E-state index in [2.05, 4.69) is 31.8 Å². The minimum Gasteiger partial charge on any atom is -0.309 e. The van der Waals surface area contributed by atoms with E-state index >= 15 is 0 Å². The van der Waals surface area contributed by atoms with Crippen molar-refractivity contribution in [2.24, 2.45) is 0 Å². The molecule has 4 rings (SSSR count). The lowest BCUT2D eigenvalue weighted by Gasteiger charge is -2.27. The molecule has 0 unspecified atom stereocenters. The molecule has 1 saturated heterocycles. The van der Waals surface area contributed by atoms with E-state index in [0.717, 1.165) is 42.0 Å². The number of rotatable bonds is 8. The number of amides is 1. The van der Waals surface area contributed by atoms with Crippen LogP contribution in [0.25, 0.3) is 5.69 Å². The van der Waals surface area contributed by atoms with Crippen LogP contribution in [-0.2, 0) is 11.3 Å². The number of piperidine rings is 1. The number of hydrogen-bond acceptors (Lipinski definition) is 5. The second kappa shape index (κ2) is 10.8. The molecular formula is C25H31N5OS. The molecule has 1 aromatic heterocycles. The number of thioether (sulfide) groups is 1. The number of aromatic nitrogens is 3. The van der Waals surface area contributed by atoms with Crippen LogP contribution < -0.4 is 4.90 Å². The summed E-state index contributed by atoms with van der Waals surface area (Å²) >= 11 is 1.45. The van der Waals surface area contributed by atoms with Gasteiger partial charge in [-0.1, -0.05) is 54.6 Å². The largest absolute Gasteiger partial charge is 0.309 e. The fraction of sp³-hybridized carbons (Fsp3) is 0.400. The Morgan fingerprint density at radius 1 is 0.969 bits per heavy atom. The lowest BCUT2D eigenvalue weighted by molar-refractivity contribution is -0.116. The number of para-hydroxylation sites is 2. The van der Waals surface area contributed by atoms with Crippen molar-refractivity contribution in [3.63, 3.8) is 0 Å². The van der Waals surface area contributed by atoms with Gasteiger partial charge in [-0.3, -0.25) is 14.3 Å². The molecule has 1 amide bonds. The Morgan fingerprint density at radius 3 is 2.28 bits per heavy atom. The van der Waals surface area contributed by atoms with Crippen molar-refractivity contribution in [1.29, 1.82) is 0 Å². The maximum Gasteiger partial charge on any atom is 0.237 e. The summed E-state index contributed by atoms with van der Waals surface area (Å²) in [5.41, 5.74) is 1.95. The van der Waals surface area contributed by atoms with Crippen LogP contribution in [0.1, 0.15) is 38.9 Å². The number of nitrogens with zero attached hydrogens (tertiary/aromatic N) is 5. The maximum atomic E-state index is 13.2. The van der Waals surface area contributed by atoms with E-state index in [9.17, 15) is 4.79 Å². The van der Waals surface area contributed by atoms with Crippen LogP contribution in [0.3, 0.4) is 0 Å². The maximum absolute atomic E-state index is 13.2. The summed E-state index contributed by atoms with van der Waals surface area (Å²) in [6.07, 6.45) is 3.78. The summed E-state index contributed by atoms with van der Waals surface area (Å²) in [5.74, 6) is 1.30. The summed E-state index contributed by atoms with van der Waals surface area (Å²) in [6.45, 7) is 7.06. The lowest BCUT2D eigenvalue weighted by Crippen LogP contribution is -2.38. The average Bonchev–Trinajstić information content (AvgIpc) is 3.22. The molecule has 0 aliphatic carbocycles. The highest BCUT2D eigenvalue weighted by Crippen LogP contribution is 2.25. The number of anilines is 1.